The van der Waals surface area contributed by atoms with Gasteiger partial charge in [0, 0.05) is 39.1 Å². The van der Waals surface area contributed by atoms with Gasteiger partial charge in [0.15, 0.2) is 5.96 Å². The molecule has 3 rings (SSSR count). The van der Waals surface area contributed by atoms with Crippen molar-refractivity contribution in [2.24, 2.45) is 4.99 Å². The van der Waals surface area contributed by atoms with Crippen molar-refractivity contribution in [3.05, 3.63) is 65.2 Å². The lowest BCUT2D eigenvalue weighted by Gasteiger charge is -2.22. The van der Waals surface area contributed by atoms with Crippen LogP contribution in [0.3, 0.4) is 0 Å². The van der Waals surface area contributed by atoms with Crippen LogP contribution in [-0.2, 0) is 13.1 Å². The van der Waals surface area contributed by atoms with Gasteiger partial charge in [-0.25, -0.2) is 0 Å². The Balaban J connectivity index is 0.00000300. The van der Waals surface area contributed by atoms with E-state index in [1.54, 1.807) is 7.11 Å². The average Bonchev–Trinajstić information content (AvgIpc) is 3.18. The predicted octanol–water partition coefficient (Wildman–Crippen LogP) is 3.94. The molecule has 0 bridgehead atoms. The minimum absolute atomic E-state index is 0. The summed E-state index contributed by atoms with van der Waals surface area (Å²) in [7, 11) is 7.77. The Labute approximate surface area is 192 Å². The largest absolute Gasteiger partial charge is 0.497 e. The molecule has 1 atom stereocenters. The molecule has 1 unspecified atom stereocenters. The smallest absolute Gasteiger partial charge is 0.193 e. The molecule has 0 aliphatic carbocycles. The Morgan fingerprint density at radius 1 is 1.17 bits per heavy atom. The van der Waals surface area contributed by atoms with Gasteiger partial charge in [-0.2, -0.15) is 0 Å². The molecule has 1 aliphatic heterocycles. The number of likely N-dealkylation sites (tertiary alicyclic amines) is 1. The molecular formula is C23H33IN4O. The number of benzene rings is 2. The number of nitrogens with one attached hydrogen (secondary N) is 1. The molecule has 2 aromatic rings. The Hall–Kier alpha value is -1.80. The van der Waals surface area contributed by atoms with E-state index in [0.717, 1.165) is 44.3 Å². The van der Waals surface area contributed by atoms with Crippen molar-refractivity contribution in [3.8, 4) is 5.75 Å². The summed E-state index contributed by atoms with van der Waals surface area (Å²) in [4.78, 5) is 9.06. The molecule has 1 saturated heterocycles. The summed E-state index contributed by atoms with van der Waals surface area (Å²) in [6, 6.07) is 17.2. The molecule has 1 heterocycles. The Morgan fingerprint density at radius 2 is 1.90 bits per heavy atom. The zero-order valence-electron chi connectivity index (χ0n) is 17.9. The SMILES string of the molecule is CN=C(NCc1cccc(CN(C)C)c1)N1CCC(c2ccc(OC)cc2)C1.I. The fourth-order valence-electron chi connectivity index (χ4n) is 3.82. The normalized spacial score (nSPS) is 16.7. The molecule has 0 saturated carbocycles. The third-order valence-corrected chi connectivity index (χ3v) is 5.23. The highest BCUT2D eigenvalue weighted by Gasteiger charge is 2.26. The van der Waals surface area contributed by atoms with Gasteiger partial charge >= 0.3 is 0 Å². The minimum Gasteiger partial charge on any atom is -0.497 e. The number of halogens is 1. The lowest BCUT2D eigenvalue weighted by Crippen LogP contribution is -2.39. The molecule has 0 radical (unpaired) electrons. The summed E-state index contributed by atoms with van der Waals surface area (Å²) in [5.74, 6) is 2.43. The topological polar surface area (TPSA) is 40.1 Å². The van der Waals surface area contributed by atoms with E-state index in [2.05, 4.69) is 70.6 Å². The first-order valence-corrected chi connectivity index (χ1v) is 9.91. The second-order valence-electron chi connectivity index (χ2n) is 7.66. The van der Waals surface area contributed by atoms with E-state index in [9.17, 15) is 0 Å². The molecule has 0 aromatic heterocycles. The maximum absolute atomic E-state index is 5.27. The molecule has 1 fully saturated rings. The molecule has 0 amide bonds. The fourth-order valence-corrected chi connectivity index (χ4v) is 3.82. The van der Waals surface area contributed by atoms with E-state index in [-0.39, 0.29) is 24.0 Å². The standard InChI is InChI=1S/C23H32N4O.HI/c1-24-23(25-15-18-6-5-7-19(14-18)16-26(2)3)27-13-12-21(17-27)20-8-10-22(28-4)11-9-20;/h5-11,14,21H,12-13,15-17H2,1-4H3,(H,24,25);1H. The number of methoxy groups -OCH3 is 1. The van der Waals surface area contributed by atoms with Gasteiger partial charge in [-0.1, -0.05) is 36.4 Å². The molecule has 5 nitrogen and oxygen atoms in total. The van der Waals surface area contributed by atoms with Gasteiger partial charge in [-0.15, -0.1) is 24.0 Å². The van der Waals surface area contributed by atoms with E-state index in [1.165, 1.54) is 16.7 Å². The second-order valence-corrected chi connectivity index (χ2v) is 7.66. The zero-order valence-corrected chi connectivity index (χ0v) is 20.2. The van der Waals surface area contributed by atoms with Crippen LogP contribution in [-0.4, -0.2) is 57.1 Å². The fraction of sp³-hybridized carbons (Fsp3) is 0.435. The first-order valence-electron chi connectivity index (χ1n) is 9.91. The third-order valence-electron chi connectivity index (χ3n) is 5.23. The summed E-state index contributed by atoms with van der Waals surface area (Å²) in [6.45, 7) is 3.76. The molecule has 1 N–H and O–H groups in total. The van der Waals surface area contributed by atoms with Gasteiger partial charge in [-0.3, -0.25) is 4.99 Å². The van der Waals surface area contributed by atoms with Crippen molar-refractivity contribution >= 4 is 29.9 Å². The Kier molecular flexibility index (Phi) is 9.23. The number of nitrogens with zero attached hydrogens (tertiary/aromatic N) is 3. The van der Waals surface area contributed by atoms with Crippen molar-refractivity contribution in [2.45, 2.75) is 25.4 Å². The van der Waals surface area contributed by atoms with E-state index >= 15 is 0 Å². The summed E-state index contributed by atoms with van der Waals surface area (Å²) in [5, 5.41) is 3.54. The summed E-state index contributed by atoms with van der Waals surface area (Å²) < 4.78 is 5.27. The van der Waals surface area contributed by atoms with Gasteiger partial charge in [0.25, 0.3) is 0 Å². The van der Waals surface area contributed by atoms with Gasteiger partial charge in [0.2, 0.25) is 0 Å². The highest BCUT2D eigenvalue weighted by molar-refractivity contribution is 14.0. The highest BCUT2D eigenvalue weighted by Crippen LogP contribution is 2.28. The summed E-state index contributed by atoms with van der Waals surface area (Å²) >= 11 is 0. The van der Waals surface area contributed by atoms with Crippen LogP contribution >= 0.6 is 24.0 Å². The van der Waals surface area contributed by atoms with Crippen LogP contribution in [0.2, 0.25) is 0 Å². The van der Waals surface area contributed by atoms with Crippen molar-refractivity contribution in [2.75, 3.05) is 41.3 Å². The average molecular weight is 508 g/mol. The third kappa shape index (κ3) is 6.60. The lowest BCUT2D eigenvalue weighted by molar-refractivity contribution is 0.402. The van der Waals surface area contributed by atoms with Crippen molar-refractivity contribution in [1.29, 1.82) is 0 Å². The number of ether oxygens (including phenoxy) is 1. The highest BCUT2D eigenvalue weighted by atomic mass is 127. The van der Waals surface area contributed by atoms with Gasteiger partial charge in [-0.05, 0) is 49.3 Å². The zero-order chi connectivity index (χ0) is 19.9. The molecule has 158 valence electrons. The van der Waals surface area contributed by atoms with Crippen LogP contribution in [0.1, 0.15) is 29.0 Å². The quantitative estimate of drug-likeness (QED) is 0.365. The molecule has 6 heteroatoms. The monoisotopic (exact) mass is 508 g/mol. The van der Waals surface area contributed by atoms with Crippen molar-refractivity contribution < 1.29 is 4.74 Å². The van der Waals surface area contributed by atoms with Crippen LogP contribution in [0.5, 0.6) is 5.75 Å². The number of guanidine groups is 1. The molecule has 1 aliphatic rings. The van der Waals surface area contributed by atoms with Crippen LogP contribution in [0.15, 0.2) is 53.5 Å². The molecular weight excluding hydrogens is 475 g/mol. The van der Waals surface area contributed by atoms with Crippen LogP contribution < -0.4 is 10.1 Å². The second kappa shape index (κ2) is 11.4. The maximum Gasteiger partial charge on any atom is 0.193 e. The lowest BCUT2D eigenvalue weighted by atomic mass is 9.98. The first kappa shape index (κ1) is 23.5. The Bertz CT molecular complexity index is 792. The van der Waals surface area contributed by atoms with Crippen molar-refractivity contribution in [1.82, 2.24) is 15.1 Å². The predicted molar refractivity (Wildman–Crippen MR) is 131 cm³/mol. The number of aliphatic imine (C=N–C) groups is 1. The van der Waals surface area contributed by atoms with Crippen LogP contribution in [0, 0.1) is 0 Å². The Morgan fingerprint density at radius 3 is 2.55 bits per heavy atom. The van der Waals surface area contributed by atoms with E-state index in [1.807, 2.05) is 19.2 Å². The van der Waals surface area contributed by atoms with E-state index in [4.69, 9.17) is 4.74 Å². The molecule has 29 heavy (non-hydrogen) atoms. The van der Waals surface area contributed by atoms with Crippen molar-refractivity contribution in [3.63, 3.8) is 0 Å². The number of rotatable bonds is 6. The van der Waals surface area contributed by atoms with Crippen LogP contribution in [0.25, 0.3) is 0 Å². The van der Waals surface area contributed by atoms with Gasteiger partial charge in [0.1, 0.15) is 5.75 Å². The van der Waals surface area contributed by atoms with E-state index in [0.29, 0.717) is 5.92 Å². The summed E-state index contributed by atoms with van der Waals surface area (Å²) in [5.41, 5.74) is 3.99. The molecule has 0 spiro atoms. The van der Waals surface area contributed by atoms with Crippen LogP contribution in [0.4, 0.5) is 0 Å². The summed E-state index contributed by atoms with van der Waals surface area (Å²) in [6.07, 6.45) is 1.14. The minimum atomic E-state index is 0. The first-order chi connectivity index (χ1) is 13.6. The number of hydrogen-bond acceptors (Lipinski definition) is 3. The number of hydrogen-bond donors (Lipinski definition) is 1. The van der Waals surface area contributed by atoms with E-state index < -0.39 is 0 Å². The van der Waals surface area contributed by atoms with Gasteiger partial charge in [0.05, 0.1) is 7.11 Å². The van der Waals surface area contributed by atoms with Gasteiger partial charge < -0.3 is 19.9 Å². The maximum atomic E-state index is 5.27. The molecule has 2 aromatic carbocycles.